The average Bonchev–Trinajstić information content (AvgIpc) is 2.01. The highest BCUT2D eigenvalue weighted by atomic mass is 31.1. The van der Waals surface area contributed by atoms with Crippen molar-refractivity contribution in [3.05, 3.63) is 0 Å². The summed E-state index contributed by atoms with van der Waals surface area (Å²) in [4.78, 5) is 0. The minimum atomic E-state index is 0.786. The standard InChI is InChI=1S/C7H16OP2/c1-2-7-10-8-4-3-6-9-5-1/h9-10H,1-7H2. The topological polar surface area (TPSA) is 9.23 Å². The van der Waals surface area contributed by atoms with Crippen molar-refractivity contribution in [3.63, 3.8) is 0 Å². The van der Waals surface area contributed by atoms with Crippen molar-refractivity contribution in [2.45, 2.75) is 19.3 Å². The first-order valence-corrected chi connectivity index (χ1v) is 6.58. The van der Waals surface area contributed by atoms with Crippen molar-refractivity contribution >= 4 is 17.4 Å². The van der Waals surface area contributed by atoms with Crippen LogP contribution < -0.4 is 0 Å². The van der Waals surface area contributed by atoms with Crippen LogP contribution in [0, 0.1) is 0 Å². The van der Waals surface area contributed by atoms with Crippen LogP contribution in [-0.4, -0.2) is 25.1 Å². The van der Waals surface area contributed by atoms with Crippen molar-refractivity contribution in [3.8, 4) is 0 Å². The monoisotopic (exact) mass is 178 g/mol. The van der Waals surface area contributed by atoms with Crippen LogP contribution in [0.15, 0.2) is 0 Å². The Labute approximate surface area is 67.0 Å². The molecule has 1 fully saturated rings. The molecule has 1 heterocycles. The summed E-state index contributed by atoms with van der Waals surface area (Å²) < 4.78 is 5.44. The van der Waals surface area contributed by atoms with Crippen molar-refractivity contribution in [1.29, 1.82) is 0 Å². The molecule has 10 heavy (non-hydrogen) atoms. The van der Waals surface area contributed by atoms with Gasteiger partial charge in [-0.25, -0.2) is 0 Å². The van der Waals surface area contributed by atoms with Gasteiger partial charge in [0.25, 0.3) is 0 Å². The Hall–Kier alpha value is 0.820. The van der Waals surface area contributed by atoms with Gasteiger partial charge in [0, 0.05) is 8.81 Å². The molecule has 0 aliphatic carbocycles. The van der Waals surface area contributed by atoms with Crippen LogP contribution in [-0.2, 0) is 4.52 Å². The highest BCUT2D eigenvalue weighted by Crippen LogP contribution is 2.21. The Morgan fingerprint density at radius 3 is 2.70 bits per heavy atom. The van der Waals surface area contributed by atoms with E-state index in [4.69, 9.17) is 4.52 Å². The van der Waals surface area contributed by atoms with E-state index in [-0.39, 0.29) is 0 Å². The van der Waals surface area contributed by atoms with Gasteiger partial charge in [-0.05, 0) is 37.7 Å². The van der Waals surface area contributed by atoms with E-state index in [1.165, 1.54) is 46.3 Å². The number of rotatable bonds is 0. The van der Waals surface area contributed by atoms with Gasteiger partial charge in [0.15, 0.2) is 0 Å². The van der Waals surface area contributed by atoms with E-state index in [0.717, 1.165) is 15.4 Å². The lowest BCUT2D eigenvalue weighted by Crippen LogP contribution is -1.92. The second-order valence-electron chi connectivity index (χ2n) is 2.55. The third-order valence-electron chi connectivity index (χ3n) is 1.58. The van der Waals surface area contributed by atoms with Crippen molar-refractivity contribution < 1.29 is 4.52 Å². The van der Waals surface area contributed by atoms with Gasteiger partial charge in [-0.3, -0.25) is 0 Å². The predicted molar refractivity (Wildman–Crippen MR) is 51.0 cm³/mol. The van der Waals surface area contributed by atoms with Crippen LogP contribution in [0.4, 0.5) is 0 Å². The Morgan fingerprint density at radius 1 is 0.900 bits per heavy atom. The maximum atomic E-state index is 5.44. The second kappa shape index (κ2) is 6.53. The van der Waals surface area contributed by atoms with Crippen LogP contribution in [0.1, 0.15) is 19.3 Å². The van der Waals surface area contributed by atoms with Gasteiger partial charge in [-0.15, -0.1) is 8.58 Å². The van der Waals surface area contributed by atoms with Crippen LogP contribution in [0.3, 0.4) is 0 Å². The minimum Gasteiger partial charge on any atom is -0.362 e. The van der Waals surface area contributed by atoms with Crippen LogP contribution in [0.25, 0.3) is 0 Å². The van der Waals surface area contributed by atoms with Gasteiger partial charge in [-0.1, -0.05) is 0 Å². The molecule has 0 N–H and O–H groups in total. The fourth-order valence-corrected chi connectivity index (χ4v) is 2.96. The molecule has 1 aliphatic heterocycles. The van der Waals surface area contributed by atoms with E-state index in [1.54, 1.807) is 0 Å². The first-order valence-electron chi connectivity index (χ1n) is 4.05. The summed E-state index contributed by atoms with van der Waals surface area (Å²) in [6.45, 7) is 1.02. The van der Waals surface area contributed by atoms with Crippen molar-refractivity contribution in [2.75, 3.05) is 25.1 Å². The molecule has 0 bridgehead atoms. The third-order valence-corrected chi connectivity index (χ3v) is 3.96. The molecule has 0 aromatic carbocycles. The Balaban J connectivity index is 2.00. The molecule has 1 rings (SSSR count). The summed E-state index contributed by atoms with van der Waals surface area (Å²) in [5.74, 6) is 0. The molecule has 3 heteroatoms. The van der Waals surface area contributed by atoms with E-state index in [0.29, 0.717) is 0 Å². The highest BCUT2D eigenvalue weighted by molar-refractivity contribution is 7.37. The van der Waals surface area contributed by atoms with Crippen LogP contribution in [0.5, 0.6) is 0 Å². The minimum absolute atomic E-state index is 0.786. The Kier molecular flexibility index (Phi) is 5.82. The van der Waals surface area contributed by atoms with Crippen molar-refractivity contribution in [2.24, 2.45) is 0 Å². The quantitative estimate of drug-likeness (QED) is 0.518. The molecular weight excluding hydrogens is 162 g/mol. The van der Waals surface area contributed by atoms with E-state index in [2.05, 4.69) is 0 Å². The maximum absolute atomic E-state index is 5.44. The summed E-state index contributed by atoms with van der Waals surface area (Å²) >= 11 is 0. The number of hydrogen-bond acceptors (Lipinski definition) is 1. The van der Waals surface area contributed by atoms with Gasteiger partial charge in [0.1, 0.15) is 0 Å². The first-order chi connectivity index (χ1) is 5.00. The molecule has 2 atom stereocenters. The molecular formula is C7H16OP2. The largest absolute Gasteiger partial charge is 0.362 e. The van der Waals surface area contributed by atoms with Gasteiger partial charge < -0.3 is 4.52 Å². The van der Waals surface area contributed by atoms with Crippen molar-refractivity contribution in [1.82, 2.24) is 0 Å². The molecule has 0 spiro atoms. The second-order valence-corrected chi connectivity index (χ2v) is 5.13. The van der Waals surface area contributed by atoms with E-state index in [1.807, 2.05) is 0 Å². The van der Waals surface area contributed by atoms with Gasteiger partial charge in [0.2, 0.25) is 0 Å². The maximum Gasteiger partial charge on any atom is 0.0508 e. The van der Waals surface area contributed by atoms with Gasteiger partial charge in [0.05, 0.1) is 6.61 Å². The molecule has 0 saturated carbocycles. The summed E-state index contributed by atoms with van der Waals surface area (Å²) in [5.41, 5.74) is 0. The third kappa shape index (κ3) is 4.61. The predicted octanol–water partition coefficient (Wildman–Crippen LogP) is 2.46. The number of hydrogen-bond donors (Lipinski definition) is 0. The first kappa shape index (κ1) is 8.91. The molecule has 1 nitrogen and oxygen atoms in total. The summed E-state index contributed by atoms with van der Waals surface area (Å²) in [6, 6.07) is 0. The normalized spacial score (nSPS) is 28.8. The molecule has 1 aliphatic rings. The Morgan fingerprint density at radius 2 is 1.70 bits per heavy atom. The lowest BCUT2D eigenvalue weighted by atomic mass is 10.4. The molecule has 60 valence electrons. The lowest BCUT2D eigenvalue weighted by molar-refractivity contribution is 0.362. The zero-order valence-electron chi connectivity index (χ0n) is 6.36. The van der Waals surface area contributed by atoms with E-state index in [9.17, 15) is 0 Å². The van der Waals surface area contributed by atoms with Gasteiger partial charge in [-0.2, -0.15) is 0 Å². The average molecular weight is 178 g/mol. The summed E-state index contributed by atoms with van der Waals surface area (Å²) in [5, 5.41) is 0. The molecule has 0 aromatic rings. The lowest BCUT2D eigenvalue weighted by Gasteiger charge is -2.07. The molecule has 0 aromatic heterocycles. The zero-order valence-corrected chi connectivity index (χ0v) is 8.36. The van der Waals surface area contributed by atoms with Crippen LogP contribution in [0.2, 0.25) is 0 Å². The van der Waals surface area contributed by atoms with Gasteiger partial charge >= 0.3 is 0 Å². The molecule has 0 amide bonds. The zero-order chi connectivity index (χ0) is 7.07. The highest BCUT2D eigenvalue weighted by Gasteiger charge is 1.95. The van der Waals surface area contributed by atoms with E-state index >= 15 is 0 Å². The van der Waals surface area contributed by atoms with E-state index < -0.39 is 0 Å². The Bertz CT molecular complexity index is 44.8. The fourth-order valence-electron chi connectivity index (χ4n) is 0.986. The molecule has 0 radical (unpaired) electrons. The smallest absolute Gasteiger partial charge is 0.0508 e. The SMILES string of the molecule is C1CCPOCCCPC1. The summed E-state index contributed by atoms with van der Waals surface area (Å²) in [7, 11) is 1.99. The molecule has 2 unspecified atom stereocenters. The molecule has 1 saturated heterocycles. The summed E-state index contributed by atoms with van der Waals surface area (Å²) in [6.07, 6.45) is 8.32. The van der Waals surface area contributed by atoms with Crippen LogP contribution >= 0.6 is 17.4 Å². The fraction of sp³-hybridized carbons (Fsp3) is 1.00.